The third-order valence-electron chi connectivity index (χ3n) is 5.38. The predicted molar refractivity (Wildman–Crippen MR) is 129 cm³/mol. The van der Waals surface area contributed by atoms with Crippen LogP contribution in [0.1, 0.15) is 36.9 Å². The highest BCUT2D eigenvalue weighted by Crippen LogP contribution is 2.46. The minimum Gasteiger partial charge on any atom is -0.466 e. The van der Waals surface area contributed by atoms with Crippen LogP contribution in [0.25, 0.3) is 0 Å². The number of hydrogen-bond donors (Lipinski definition) is 1. The lowest BCUT2D eigenvalue weighted by molar-refractivity contribution is -0.136. The van der Waals surface area contributed by atoms with Crippen molar-refractivity contribution in [1.29, 1.82) is 0 Å². The van der Waals surface area contributed by atoms with Gasteiger partial charge in [-0.25, -0.2) is 9.79 Å². The summed E-state index contributed by atoms with van der Waals surface area (Å²) in [5.74, 6) is -0.605. The number of nitrogens with zero attached hydrogens (tertiary/aromatic N) is 3. The molecule has 2 aromatic rings. The van der Waals surface area contributed by atoms with Crippen LogP contribution in [0, 0.1) is 0 Å². The van der Waals surface area contributed by atoms with Crippen LogP contribution >= 0.6 is 23.4 Å². The van der Waals surface area contributed by atoms with E-state index < -0.39 is 12.0 Å². The number of rotatable bonds is 7. The van der Waals surface area contributed by atoms with E-state index in [9.17, 15) is 9.59 Å². The second-order valence-electron chi connectivity index (χ2n) is 7.44. The predicted octanol–water partition coefficient (Wildman–Crippen LogP) is 4.58. The number of aliphatic imine (C=N–C) groups is 1. The van der Waals surface area contributed by atoms with E-state index in [4.69, 9.17) is 21.3 Å². The lowest BCUT2D eigenvalue weighted by Gasteiger charge is -2.36. The van der Waals surface area contributed by atoms with Gasteiger partial charge >= 0.3 is 5.97 Å². The number of aromatic nitrogens is 1. The van der Waals surface area contributed by atoms with Gasteiger partial charge in [-0.15, -0.1) is 0 Å². The molecule has 1 aromatic carbocycles. The smallest absolute Gasteiger partial charge is 0.338 e. The minimum absolute atomic E-state index is 0.128. The molecule has 9 heteroatoms. The highest BCUT2D eigenvalue weighted by atomic mass is 35.5. The maximum Gasteiger partial charge on any atom is 0.338 e. The zero-order valence-corrected chi connectivity index (χ0v) is 19.8. The number of hydrogen-bond acceptors (Lipinski definition) is 7. The topological polar surface area (TPSA) is 83.9 Å². The van der Waals surface area contributed by atoms with E-state index in [-0.39, 0.29) is 12.3 Å². The molecular weight excluding hydrogens is 460 g/mol. The van der Waals surface area contributed by atoms with Gasteiger partial charge in [0.1, 0.15) is 0 Å². The molecular formula is C24H23ClN4O3S. The Morgan fingerprint density at radius 1 is 1.24 bits per heavy atom. The van der Waals surface area contributed by atoms with Crippen LogP contribution in [0.4, 0.5) is 0 Å². The van der Waals surface area contributed by atoms with Crippen molar-refractivity contribution in [3.05, 3.63) is 87.3 Å². The minimum atomic E-state index is -0.541. The number of methoxy groups -OCH3 is 1. The molecule has 7 nitrogen and oxygen atoms in total. The summed E-state index contributed by atoms with van der Waals surface area (Å²) in [5, 5.41) is 6.06. The van der Waals surface area contributed by atoms with Crippen molar-refractivity contribution in [2.75, 3.05) is 7.11 Å². The van der Waals surface area contributed by atoms with Crippen LogP contribution in [0.2, 0.25) is 5.02 Å². The molecule has 2 aliphatic rings. The average molecular weight is 483 g/mol. The zero-order chi connectivity index (χ0) is 23.4. The number of thioether (sulfide) groups is 1. The summed E-state index contributed by atoms with van der Waals surface area (Å²) in [6.45, 7) is 2.33. The van der Waals surface area contributed by atoms with Gasteiger partial charge < -0.3 is 15.0 Å². The van der Waals surface area contributed by atoms with Crippen molar-refractivity contribution in [3.63, 3.8) is 0 Å². The summed E-state index contributed by atoms with van der Waals surface area (Å²) in [7, 11) is 1.35. The monoisotopic (exact) mass is 482 g/mol. The number of amides is 1. The lowest BCUT2D eigenvalue weighted by Crippen LogP contribution is -2.38. The first kappa shape index (κ1) is 23.1. The third-order valence-corrected chi connectivity index (χ3v) is 6.62. The van der Waals surface area contributed by atoms with Crippen LogP contribution in [0.15, 0.2) is 76.2 Å². The molecule has 0 aliphatic carbocycles. The Hall–Kier alpha value is -3.10. The van der Waals surface area contributed by atoms with Gasteiger partial charge in [0.15, 0.2) is 5.17 Å². The zero-order valence-electron chi connectivity index (χ0n) is 18.2. The molecule has 2 aliphatic heterocycles. The van der Waals surface area contributed by atoms with Crippen molar-refractivity contribution in [2.24, 2.45) is 4.99 Å². The van der Waals surface area contributed by atoms with E-state index in [0.29, 0.717) is 34.4 Å². The average Bonchev–Trinajstić information content (AvgIpc) is 3.24. The van der Waals surface area contributed by atoms with Gasteiger partial charge in [-0.1, -0.05) is 54.6 Å². The summed E-state index contributed by atoms with van der Waals surface area (Å²) in [4.78, 5) is 36.4. The first-order valence-electron chi connectivity index (χ1n) is 10.5. The molecule has 1 N–H and O–H groups in total. The molecule has 1 amide bonds. The van der Waals surface area contributed by atoms with Gasteiger partial charge in [0.25, 0.3) is 0 Å². The Labute approximate surface area is 201 Å². The molecule has 0 bridgehead atoms. The Balaban J connectivity index is 1.65. The molecule has 4 rings (SSSR count). The Kier molecular flexibility index (Phi) is 7.15. The molecule has 1 aromatic heterocycles. The third kappa shape index (κ3) is 4.82. The molecule has 0 saturated carbocycles. The van der Waals surface area contributed by atoms with E-state index in [1.807, 2.05) is 47.6 Å². The van der Waals surface area contributed by atoms with Crippen molar-refractivity contribution >= 4 is 40.4 Å². The number of ether oxygens (including phenoxy) is 1. The second kappa shape index (κ2) is 10.2. The van der Waals surface area contributed by atoms with Gasteiger partial charge in [-0.05, 0) is 35.1 Å². The Morgan fingerprint density at radius 3 is 2.76 bits per heavy atom. The second-order valence-corrected chi connectivity index (χ2v) is 8.68. The molecule has 0 radical (unpaired) electrons. The van der Waals surface area contributed by atoms with Gasteiger partial charge in [0.05, 0.1) is 30.8 Å². The molecule has 1 atom stereocenters. The highest BCUT2D eigenvalue weighted by Gasteiger charge is 2.42. The van der Waals surface area contributed by atoms with Gasteiger partial charge in [-0.2, -0.15) is 0 Å². The molecule has 0 spiro atoms. The Morgan fingerprint density at radius 2 is 2.06 bits per heavy atom. The fourth-order valence-electron chi connectivity index (χ4n) is 3.83. The number of nitrogens with one attached hydrogen (secondary N) is 1. The molecule has 0 fully saturated rings. The van der Waals surface area contributed by atoms with Crippen molar-refractivity contribution < 1.29 is 14.3 Å². The van der Waals surface area contributed by atoms with Crippen LogP contribution < -0.4 is 5.32 Å². The fraction of sp³-hybridized carbons (Fsp3) is 0.250. The molecule has 0 saturated heterocycles. The SMILES string of the molecule is CCC1=C(C(=O)OC)C(c2ccccc2Cl)N2C(CC(=O)NCc3cccnc3)=CSC2=N1. The quantitative estimate of drug-likeness (QED) is 0.581. The van der Waals surface area contributed by atoms with E-state index in [2.05, 4.69) is 10.3 Å². The summed E-state index contributed by atoms with van der Waals surface area (Å²) in [6.07, 6.45) is 4.09. The van der Waals surface area contributed by atoms with Crippen molar-refractivity contribution in [3.8, 4) is 0 Å². The first-order valence-corrected chi connectivity index (χ1v) is 11.7. The van der Waals surface area contributed by atoms with Crippen LogP contribution in [0.5, 0.6) is 0 Å². The van der Waals surface area contributed by atoms with E-state index in [1.165, 1.54) is 18.9 Å². The van der Waals surface area contributed by atoms with Crippen LogP contribution in [-0.4, -0.2) is 34.0 Å². The van der Waals surface area contributed by atoms with E-state index in [0.717, 1.165) is 16.8 Å². The summed E-state index contributed by atoms with van der Waals surface area (Å²) in [6, 6.07) is 10.6. The fourth-order valence-corrected chi connectivity index (χ4v) is 5.01. The number of amidine groups is 1. The normalized spacial score (nSPS) is 17.3. The standard InChI is InChI=1S/C24H23ClN4O3S/c1-3-19-21(23(31)32-2)22(17-8-4-5-9-18(17)25)29-16(14-33-24(29)28-19)11-20(30)27-13-15-7-6-10-26-12-15/h4-10,12,14,22H,3,11,13H2,1-2H3,(H,27,30). The summed E-state index contributed by atoms with van der Waals surface area (Å²) < 4.78 is 5.12. The lowest BCUT2D eigenvalue weighted by atomic mass is 9.93. The van der Waals surface area contributed by atoms with E-state index in [1.54, 1.807) is 18.5 Å². The maximum atomic E-state index is 12.9. The highest BCUT2D eigenvalue weighted by molar-refractivity contribution is 8.16. The summed E-state index contributed by atoms with van der Waals surface area (Å²) >= 11 is 8.00. The van der Waals surface area contributed by atoms with Crippen molar-refractivity contribution in [1.82, 2.24) is 15.2 Å². The number of carbonyl (C=O) groups excluding carboxylic acids is 2. The number of allylic oxidation sites excluding steroid dienone is 1. The van der Waals surface area contributed by atoms with Crippen LogP contribution in [0.3, 0.4) is 0 Å². The van der Waals surface area contributed by atoms with Gasteiger partial charge in [0.2, 0.25) is 5.91 Å². The number of halogens is 1. The number of benzene rings is 1. The number of esters is 1. The van der Waals surface area contributed by atoms with Crippen LogP contribution in [-0.2, 0) is 20.9 Å². The maximum absolute atomic E-state index is 12.9. The van der Waals surface area contributed by atoms with Gasteiger partial charge in [-0.3, -0.25) is 9.78 Å². The number of pyridine rings is 1. The van der Waals surface area contributed by atoms with E-state index >= 15 is 0 Å². The molecule has 170 valence electrons. The first-order chi connectivity index (χ1) is 16.0. The molecule has 33 heavy (non-hydrogen) atoms. The molecule has 1 unspecified atom stereocenters. The number of carbonyl (C=O) groups is 2. The number of fused-ring (bicyclic) bond motifs is 1. The summed E-state index contributed by atoms with van der Waals surface area (Å²) in [5.41, 5.74) is 3.49. The van der Waals surface area contributed by atoms with Gasteiger partial charge in [0, 0.05) is 29.7 Å². The molecule has 3 heterocycles. The Bertz CT molecular complexity index is 1160. The largest absolute Gasteiger partial charge is 0.466 e. The van der Waals surface area contributed by atoms with Crippen molar-refractivity contribution in [2.45, 2.75) is 32.4 Å².